The average Bonchev–Trinajstić information content (AvgIpc) is 2.80. The quantitative estimate of drug-likeness (QED) is 0.834. The number of carbonyl (C=O) groups is 1. The van der Waals surface area contributed by atoms with Crippen molar-refractivity contribution in [3.8, 4) is 0 Å². The van der Waals surface area contributed by atoms with E-state index >= 15 is 0 Å². The van der Waals surface area contributed by atoms with E-state index in [1.54, 1.807) is 11.3 Å². The molecular formula is C15H24N2O2S. The fourth-order valence-electron chi connectivity index (χ4n) is 2.81. The molecule has 1 N–H and O–H groups in total. The van der Waals surface area contributed by atoms with E-state index in [0.717, 1.165) is 15.9 Å². The minimum atomic E-state index is -0.315. The fourth-order valence-corrected chi connectivity index (χ4v) is 3.69. The first-order valence-electron chi connectivity index (χ1n) is 7.55. The lowest BCUT2D eigenvalue weighted by molar-refractivity contribution is 0.0519. The second-order valence-corrected chi connectivity index (χ2v) is 6.63. The van der Waals surface area contributed by atoms with Gasteiger partial charge in [-0.25, -0.2) is 9.78 Å². The summed E-state index contributed by atoms with van der Waals surface area (Å²) in [6.07, 6.45) is 6.29. The molecule has 2 rings (SSSR count). The van der Waals surface area contributed by atoms with Crippen LogP contribution in [0, 0.1) is 12.8 Å². The predicted molar refractivity (Wildman–Crippen MR) is 82.5 cm³/mol. The summed E-state index contributed by atoms with van der Waals surface area (Å²) in [4.78, 5) is 17.1. The second-order valence-electron chi connectivity index (χ2n) is 5.43. The first kappa shape index (κ1) is 15.3. The van der Waals surface area contributed by atoms with Gasteiger partial charge in [-0.15, -0.1) is 11.3 Å². The third-order valence-corrected chi connectivity index (χ3v) is 4.86. The van der Waals surface area contributed by atoms with Crippen molar-refractivity contribution in [3.63, 3.8) is 0 Å². The molecule has 1 saturated carbocycles. The Bertz CT molecular complexity index is 459. The fraction of sp³-hybridized carbons (Fsp3) is 0.733. The number of ether oxygens (including phenoxy) is 1. The lowest BCUT2D eigenvalue weighted by Gasteiger charge is -2.28. The minimum absolute atomic E-state index is 0.315. The molecule has 1 aromatic rings. The number of hydrogen-bond acceptors (Lipinski definition) is 5. The molecule has 0 aliphatic heterocycles. The highest BCUT2D eigenvalue weighted by Crippen LogP contribution is 2.30. The maximum absolute atomic E-state index is 11.8. The van der Waals surface area contributed by atoms with Gasteiger partial charge in [-0.3, -0.25) is 0 Å². The van der Waals surface area contributed by atoms with Crippen LogP contribution >= 0.6 is 11.3 Å². The summed E-state index contributed by atoms with van der Waals surface area (Å²) in [6, 6.07) is 0.495. The number of esters is 1. The van der Waals surface area contributed by atoms with E-state index < -0.39 is 0 Å². The number of nitrogens with zero attached hydrogens (tertiary/aromatic N) is 1. The van der Waals surface area contributed by atoms with Crippen molar-refractivity contribution in [3.05, 3.63) is 10.6 Å². The van der Waals surface area contributed by atoms with E-state index in [-0.39, 0.29) is 5.97 Å². The molecule has 2 atom stereocenters. The predicted octanol–water partition coefficient (Wildman–Crippen LogP) is 4.01. The first-order valence-corrected chi connectivity index (χ1v) is 8.36. The van der Waals surface area contributed by atoms with Gasteiger partial charge in [0.15, 0.2) is 10.8 Å². The van der Waals surface area contributed by atoms with Gasteiger partial charge in [-0.05, 0) is 32.6 Å². The van der Waals surface area contributed by atoms with Gasteiger partial charge in [0, 0.05) is 10.9 Å². The standard InChI is InChI=1S/C15H24N2O2S/c1-4-11-7-6-8-12(9-11)16-15-17-13(10(3)20-15)14(18)19-5-2/h11-12H,4-9H2,1-3H3,(H,16,17). The lowest BCUT2D eigenvalue weighted by atomic mass is 9.84. The Balaban J connectivity index is 1.99. The highest BCUT2D eigenvalue weighted by Gasteiger charge is 2.23. The minimum Gasteiger partial charge on any atom is -0.461 e. The summed E-state index contributed by atoms with van der Waals surface area (Å²) in [5, 5.41) is 4.36. The maximum atomic E-state index is 11.8. The molecule has 2 unspecified atom stereocenters. The summed E-state index contributed by atoms with van der Waals surface area (Å²) in [5.41, 5.74) is 0.460. The monoisotopic (exact) mass is 296 g/mol. The smallest absolute Gasteiger partial charge is 0.358 e. The SMILES string of the molecule is CCOC(=O)c1nc(NC2CCCC(CC)C2)sc1C. The van der Waals surface area contributed by atoms with Gasteiger partial charge in [-0.1, -0.05) is 26.2 Å². The summed E-state index contributed by atoms with van der Waals surface area (Å²) in [7, 11) is 0. The van der Waals surface area contributed by atoms with Crippen LogP contribution in [0.1, 0.15) is 61.3 Å². The van der Waals surface area contributed by atoms with Crippen LogP contribution in [0.2, 0.25) is 0 Å². The molecule has 0 amide bonds. The lowest BCUT2D eigenvalue weighted by Crippen LogP contribution is -2.27. The van der Waals surface area contributed by atoms with Crippen LogP contribution in [0.25, 0.3) is 0 Å². The second kappa shape index (κ2) is 7.07. The van der Waals surface area contributed by atoms with E-state index in [2.05, 4.69) is 17.2 Å². The zero-order valence-electron chi connectivity index (χ0n) is 12.6. The first-order chi connectivity index (χ1) is 9.63. The van der Waals surface area contributed by atoms with E-state index in [9.17, 15) is 4.79 Å². The number of rotatable bonds is 5. The molecular weight excluding hydrogens is 272 g/mol. The number of aryl methyl sites for hydroxylation is 1. The van der Waals surface area contributed by atoms with Crippen molar-refractivity contribution >= 4 is 22.4 Å². The van der Waals surface area contributed by atoms with Crippen LogP contribution in [0.5, 0.6) is 0 Å². The molecule has 0 saturated heterocycles. The molecule has 20 heavy (non-hydrogen) atoms. The Kier molecular flexibility index (Phi) is 5.40. The number of nitrogens with one attached hydrogen (secondary N) is 1. The van der Waals surface area contributed by atoms with Gasteiger partial charge in [-0.2, -0.15) is 0 Å². The summed E-state index contributed by atoms with van der Waals surface area (Å²) in [6.45, 7) is 6.38. The van der Waals surface area contributed by atoms with Gasteiger partial charge in [0.25, 0.3) is 0 Å². The zero-order chi connectivity index (χ0) is 14.5. The number of hydrogen-bond donors (Lipinski definition) is 1. The van der Waals surface area contributed by atoms with Gasteiger partial charge in [0.1, 0.15) is 0 Å². The highest BCUT2D eigenvalue weighted by atomic mass is 32.1. The Hall–Kier alpha value is -1.10. The van der Waals surface area contributed by atoms with Crippen LogP contribution in [0.4, 0.5) is 5.13 Å². The summed E-state index contributed by atoms with van der Waals surface area (Å²) in [5.74, 6) is 0.510. The molecule has 0 radical (unpaired) electrons. The van der Waals surface area contributed by atoms with E-state index in [4.69, 9.17) is 4.74 Å². The van der Waals surface area contributed by atoms with Gasteiger partial charge < -0.3 is 10.1 Å². The van der Waals surface area contributed by atoms with Gasteiger partial charge >= 0.3 is 5.97 Å². The number of carbonyl (C=O) groups excluding carboxylic acids is 1. The van der Waals surface area contributed by atoms with Crippen molar-refractivity contribution < 1.29 is 9.53 Å². The zero-order valence-corrected chi connectivity index (χ0v) is 13.4. The molecule has 0 aromatic carbocycles. The third-order valence-electron chi connectivity index (χ3n) is 3.95. The molecule has 1 fully saturated rings. The topological polar surface area (TPSA) is 51.2 Å². The number of thiazole rings is 1. The van der Waals surface area contributed by atoms with Crippen molar-refractivity contribution in [2.75, 3.05) is 11.9 Å². The Morgan fingerprint density at radius 2 is 2.25 bits per heavy atom. The molecule has 1 aromatic heterocycles. The van der Waals surface area contributed by atoms with Crippen LogP contribution < -0.4 is 5.32 Å². The number of aromatic nitrogens is 1. The van der Waals surface area contributed by atoms with Crippen molar-refractivity contribution in [2.24, 2.45) is 5.92 Å². The van der Waals surface area contributed by atoms with Gasteiger partial charge in [0.05, 0.1) is 6.61 Å². The van der Waals surface area contributed by atoms with E-state index in [0.29, 0.717) is 18.3 Å². The third kappa shape index (κ3) is 3.72. The average molecular weight is 296 g/mol. The van der Waals surface area contributed by atoms with Crippen LogP contribution in [-0.4, -0.2) is 23.6 Å². The molecule has 0 spiro atoms. The van der Waals surface area contributed by atoms with Crippen LogP contribution in [0.3, 0.4) is 0 Å². The van der Waals surface area contributed by atoms with Gasteiger partial charge in [0.2, 0.25) is 0 Å². The molecule has 112 valence electrons. The summed E-state index contributed by atoms with van der Waals surface area (Å²) >= 11 is 1.55. The Labute approximate surface area is 124 Å². The highest BCUT2D eigenvalue weighted by molar-refractivity contribution is 7.15. The van der Waals surface area contributed by atoms with Crippen LogP contribution in [0.15, 0.2) is 0 Å². The van der Waals surface area contributed by atoms with Crippen molar-refractivity contribution in [2.45, 2.75) is 58.9 Å². The normalized spacial score (nSPS) is 22.6. The number of anilines is 1. The molecule has 1 aliphatic carbocycles. The Morgan fingerprint density at radius 1 is 1.45 bits per heavy atom. The largest absolute Gasteiger partial charge is 0.461 e. The van der Waals surface area contributed by atoms with Crippen LogP contribution in [-0.2, 0) is 4.74 Å². The van der Waals surface area contributed by atoms with Crippen molar-refractivity contribution in [1.29, 1.82) is 0 Å². The maximum Gasteiger partial charge on any atom is 0.358 e. The van der Waals surface area contributed by atoms with E-state index in [1.807, 2.05) is 13.8 Å². The molecule has 4 nitrogen and oxygen atoms in total. The van der Waals surface area contributed by atoms with E-state index in [1.165, 1.54) is 32.1 Å². The molecule has 1 heterocycles. The molecule has 5 heteroatoms. The molecule has 0 bridgehead atoms. The Morgan fingerprint density at radius 3 is 2.95 bits per heavy atom. The molecule has 1 aliphatic rings. The summed E-state index contributed by atoms with van der Waals surface area (Å²) < 4.78 is 5.02. The van der Waals surface area contributed by atoms with Crippen molar-refractivity contribution in [1.82, 2.24) is 4.98 Å².